The minimum atomic E-state index is -3.10. The van der Waals surface area contributed by atoms with Crippen LogP contribution in [0.1, 0.15) is 50.7 Å². The molecule has 30 heavy (non-hydrogen) atoms. The zero-order valence-electron chi connectivity index (χ0n) is 17.2. The first-order chi connectivity index (χ1) is 14.3. The molecule has 1 aromatic heterocycles. The number of nitrogens with zero attached hydrogens (tertiary/aromatic N) is 1. The Morgan fingerprint density at radius 2 is 1.93 bits per heavy atom. The van der Waals surface area contributed by atoms with Crippen LogP contribution in [0.3, 0.4) is 0 Å². The molecule has 6 nitrogen and oxygen atoms in total. The van der Waals surface area contributed by atoms with E-state index >= 15 is 0 Å². The molecule has 1 aromatic carbocycles. The summed E-state index contributed by atoms with van der Waals surface area (Å²) in [7, 11) is -3.10. The van der Waals surface area contributed by atoms with Gasteiger partial charge in [0.2, 0.25) is 0 Å². The van der Waals surface area contributed by atoms with Gasteiger partial charge in [0, 0.05) is 21.9 Å². The van der Waals surface area contributed by atoms with Gasteiger partial charge in [0.25, 0.3) is 0 Å². The summed E-state index contributed by atoms with van der Waals surface area (Å²) < 4.78 is 34.3. The van der Waals surface area contributed by atoms with Gasteiger partial charge < -0.3 is 9.26 Å². The van der Waals surface area contributed by atoms with Crippen molar-refractivity contribution in [1.82, 2.24) is 5.16 Å². The second-order valence-corrected chi connectivity index (χ2v) is 10.3. The van der Waals surface area contributed by atoms with Crippen LogP contribution in [-0.4, -0.2) is 31.4 Å². The van der Waals surface area contributed by atoms with Gasteiger partial charge in [-0.2, -0.15) is 0 Å². The maximum atomic E-state index is 12.5. The fourth-order valence-electron chi connectivity index (χ4n) is 3.52. The summed E-state index contributed by atoms with van der Waals surface area (Å²) in [6.07, 6.45) is 4.92. The number of sulfone groups is 1. The van der Waals surface area contributed by atoms with Gasteiger partial charge in [0.15, 0.2) is 9.84 Å². The Morgan fingerprint density at radius 1 is 1.23 bits per heavy atom. The zero-order valence-corrected chi connectivity index (χ0v) is 18.8. The van der Waals surface area contributed by atoms with E-state index in [1.54, 1.807) is 31.2 Å². The fourth-order valence-corrected chi connectivity index (χ4v) is 4.80. The molecule has 1 aliphatic rings. The molecule has 0 spiro atoms. The van der Waals surface area contributed by atoms with Crippen molar-refractivity contribution in [3.05, 3.63) is 52.3 Å². The molecule has 1 heterocycles. The van der Waals surface area contributed by atoms with Gasteiger partial charge in [-0.25, -0.2) is 8.42 Å². The van der Waals surface area contributed by atoms with E-state index < -0.39 is 9.84 Å². The summed E-state index contributed by atoms with van der Waals surface area (Å²) in [6.45, 7) is 3.47. The summed E-state index contributed by atoms with van der Waals surface area (Å²) in [6, 6.07) is 7.06. The number of aromatic nitrogens is 1. The van der Waals surface area contributed by atoms with Gasteiger partial charge in [-0.1, -0.05) is 47.9 Å². The number of allylic oxidation sites excluding steroid dienone is 1. The fraction of sp³-hybridized carbons (Fsp3) is 0.455. The molecule has 0 saturated heterocycles. The van der Waals surface area contributed by atoms with E-state index in [-0.39, 0.29) is 30.0 Å². The molecule has 3 rings (SSSR count). The molecule has 1 aliphatic carbocycles. The highest BCUT2D eigenvalue weighted by Crippen LogP contribution is 2.31. The summed E-state index contributed by atoms with van der Waals surface area (Å²) in [4.78, 5) is 12.5. The van der Waals surface area contributed by atoms with Crippen LogP contribution in [-0.2, 0) is 31.5 Å². The van der Waals surface area contributed by atoms with E-state index in [0.29, 0.717) is 16.8 Å². The molecule has 0 bridgehead atoms. The van der Waals surface area contributed by atoms with Crippen molar-refractivity contribution >= 4 is 27.4 Å². The van der Waals surface area contributed by atoms with Crippen LogP contribution in [0.25, 0.3) is 11.3 Å². The number of esters is 1. The van der Waals surface area contributed by atoms with E-state index in [1.165, 1.54) is 6.26 Å². The van der Waals surface area contributed by atoms with Crippen molar-refractivity contribution in [3.63, 3.8) is 0 Å². The average molecular weight is 452 g/mol. The molecule has 1 atom stereocenters. The highest BCUT2D eigenvalue weighted by Gasteiger charge is 2.22. The first kappa shape index (κ1) is 22.6. The largest absolute Gasteiger partial charge is 0.458 e. The molecule has 0 fully saturated rings. The maximum Gasteiger partial charge on any atom is 0.311 e. The molecule has 0 aliphatic heterocycles. The summed E-state index contributed by atoms with van der Waals surface area (Å²) >= 11 is 6.30. The predicted octanol–water partition coefficient (Wildman–Crippen LogP) is 4.82. The van der Waals surface area contributed by atoms with Gasteiger partial charge in [0.05, 0.1) is 12.2 Å². The van der Waals surface area contributed by atoms with Gasteiger partial charge in [-0.15, -0.1) is 0 Å². The molecule has 2 aromatic rings. The van der Waals surface area contributed by atoms with Crippen molar-refractivity contribution < 1.29 is 22.5 Å². The quantitative estimate of drug-likeness (QED) is 0.535. The van der Waals surface area contributed by atoms with Crippen LogP contribution in [0.15, 0.2) is 45.7 Å². The van der Waals surface area contributed by atoms with E-state index in [2.05, 4.69) is 5.16 Å². The molecule has 1 unspecified atom stereocenters. The van der Waals surface area contributed by atoms with Crippen LogP contribution < -0.4 is 0 Å². The smallest absolute Gasteiger partial charge is 0.311 e. The van der Waals surface area contributed by atoms with Gasteiger partial charge in [0.1, 0.15) is 18.1 Å². The van der Waals surface area contributed by atoms with E-state index in [9.17, 15) is 13.2 Å². The molecule has 0 N–H and O–H groups in total. The Kier molecular flexibility index (Phi) is 7.36. The lowest BCUT2D eigenvalue weighted by atomic mass is 9.96. The van der Waals surface area contributed by atoms with Gasteiger partial charge >= 0.3 is 5.97 Å². The van der Waals surface area contributed by atoms with Gasteiger partial charge in [-0.05, 0) is 43.7 Å². The number of rotatable bonds is 8. The lowest BCUT2D eigenvalue weighted by molar-refractivity contribution is -0.145. The summed E-state index contributed by atoms with van der Waals surface area (Å²) in [5.41, 5.74) is 3.61. The Balaban J connectivity index is 1.67. The van der Waals surface area contributed by atoms with Crippen LogP contribution in [0.2, 0.25) is 0 Å². The molecular weight excluding hydrogens is 426 g/mol. The minimum absolute atomic E-state index is 0.00191. The third-order valence-electron chi connectivity index (χ3n) is 5.27. The normalized spacial score (nSPS) is 15.8. The van der Waals surface area contributed by atoms with E-state index in [4.69, 9.17) is 20.9 Å². The first-order valence-corrected chi connectivity index (χ1v) is 12.3. The lowest BCUT2D eigenvalue weighted by Crippen LogP contribution is -2.20. The highest BCUT2D eigenvalue weighted by molar-refractivity contribution is 7.90. The third kappa shape index (κ3) is 5.73. The Labute approximate surface area is 182 Å². The number of hydrogen-bond acceptors (Lipinski definition) is 6. The van der Waals surface area contributed by atoms with Gasteiger partial charge in [-0.3, -0.25) is 4.79 Å². The lowest BCUT2D eigenvalue weighted by Gasteiger charge is -2.22. The molecule has 0 saturated carbocycles. The van der Waals surface area contributed by atoms with Crippen LogP contribution >= 0.6 is 11.6 Å². The number of ether oxygens (including phenoxy) is 1. The second-order valence-electron chi connectivity index (χ2n) is 7.51. The Bertz CT molecular complexity index is 1020. The van der Waals surface area contributed by atoms with Crippen LogP contribution in [0, 0.1) is 0 Å². The Hall–Kier alpha value is -2.12. The van der Waals surface area contributed by atoms with Crippen molar-refractivity contribution in [3.8, 4) is 11.3 Å². The number of carbonyl (C=O) groups excluding carboxylic acids is 1. The molecular formula is C22H26ClNO5S. The average Bonchev–Trinajstić information content (AvgIpc) is 3.16. The van der Waals surface area contributed by atoms with Crippen molar-refractivity contribution in [2.75, 3.05) is 5.75 Å². The van der Waals surface area contributed by atoms with Crippen molar-refractivity contribution in [2.45, 2.75) is 57.8 Å². The molecule has 162 valence electrons. The predicted molar refractivity (Wildman–Crippen MR) is 116 cm³/mol. The monoisotopic (exact) mass is 451 g/mol. The minimum Gasteiger partial charge on any atom is -0.458 e. The Morgan fingerprint density at radius 3 is 2.60 bits per heavy atom. The van der Waals surface area contributed by atoms with Crippen LogP contribution in [0.5, 0.6) is 0 Å². The number of hydrogen-bond donors (Lipinski definition) is 0. The zero-order chi connectivity index (χ0) is 21.7. The molecule has 8 heteroatoms. The molecule has 0 radical (unpaired) electrons. The summed E-state index contributed by atoms with van der Waals surface area (Å²) in [5.74, 6) is -0.275. The van der Waals surface area contributed by atoms with Crippen LogP contribution in [0.4, 0.5) is 0 Å². The van der Waals surface area contributed by atoms with Crippen molar-refractivity contribution in [1.29, 1.82) is 0 Å². The number of carbonyl (C=O) groups is 1. The third-order valence-corrected chi connectivity index (χ3v) is 7.36. The SMILES string of the molecule is CCS(=O)(=O)Cc1ccc(-c2nocc2CC(=O)OC(C)C2=C(Cl)CCCC2)cc1. The molecule has 0 amide bonds. The first-order valence-electron chi connectivity index (χ1n) is 10.1. The second kappa shape index (κ2) is 9.79. The number of halogens is 1. The highest BCUT2D eigenvalue weighted by atomic mass is 35.5. The van der Waals surface area contributed by atoms with Crippen molar-refractivity contribution in [2.24, 2.45) is 0 Å². The number of benzene rings is 1. The standard InChI is InChI=1S/C22H26ClNO5S/c1-3-30(26,27)14-16-8-10-17(11-9-16)22-18(13-28-24-22)12-21(25)29-15(2)19-6-4-5-7-20(19)23/h8-11,13,15H,3-7,12,14H2,1-2H3. The van der Waals surface area contributed by atoms with E-state index in [0.717, 1.165) is 41.9 Å². The topological polar surface area (TPSA) is 86.5 Å². The maximum absolute atomic E-state index is 12.5. The van der Waals surface area contributed by atoms with E-state index in [1.807, 2.05) is 6.92 Å². The summed E-state index contributed by atoms with van der Waals surface area (Å²) in [5, 5.41) is 4.81.